The summed E-state index contributed by atoms with van der Waals surface area (Å²) >= 11 is 0. The van der Waals surface area contributed by atoms with Crippen molar-refractivity contribution < 1.29 is 14.7 Å². The lowest BCUT2D eigenvalue weighted by atomic mass is 9.93. The predicted octanol–water partition coefficient (Wildman–Crippen LogP) is 3.16. The molecule has 0 bridgehead atoms. The molecule has 0 atom stereocenters. The maximum Gasteiger partial charge on any atom is 0.410 e. The Bertz CT molecular complexity index is 716. The highest BCUT2D eigenvalue weighted by atomic mass is 16.6. The van der Waals surface area contributed by atoms with E-state index >= 15 is 0 Å². The molecule has 0 radical (unpaired) electrons. The fraction of sp³-hybridized carbons (Fsp3) is 0.652. The van der Waals surface area contributed by atoms with E-state index in [0.29, 0.717) is 5.92 Å². The highest BCUT2D eigenvalue weighted by molar-refractivity contribution is 5.80. The standard InChI is InChI=1S/C23H37N5O3/c1-23(2,3)31-22(29)28-12-9-19(10-13-28)8-11-26-14-16-27(17-15-26)21-6-4-20(5-7-21)18-24-25-30/h4-7,18-19,25,30H,8-17H2,1-3H3. The molecule has 2 saturated heterocycles. The zero-order valence-electron chi connectivity index (χ0n) is 19.1. The Morgan fingerprint density at radius 1 is 1.13 bits per heavy atom. The van der Waals surface area contributed by atoms with E-state index in [2.05, 4.69) is 27.0 Å². The molecule has 172 valence electrons. The lowest BCUT2D eigenvalue weighted by Gasteiger charge is -2.38. The number of carbonyl (C=O) groups is 1. The molecule has 2 heterocycles. The first-order valence-corrected chi connectivity index (χ1v) is 11.3. The Hall–Kier alpha value is -2.32. The number of hydrogen-bond acceptors (Lipinski definition) is 7. The maximum atomic E-state index is 12.2. The summed E-state index contributed by atoms with van der Waals surface area (Å²) in [4.78, 5) is 19.0. The quantitative estimate of drug-likeness (QED) is 0.532. The Morgan fingerprint density at radius 2 is 1.77 bits per heavy atom. The van der Waals surface area contributed by atoms with Gasteiger partial charge < -0.3 is 14.5 Å². The first-order valence-electron chi connectivity index (χ1n) is 11.3. The Kier molecular flexibility index (Phi) is 8.15. The lowest BCUT2D eigenvalue weighted by molar-refractivity contribution is 0.0177. The Morgan fingerprint density at radius 3 is 2.35 bits per heavy atom. The zero-order valence-corrected chi connectivity index (χ0v) is 19.1. The summed E-state index contributed by atoms with van der Waals surface area (Å²) in [5.41, 5.74) is 3.52. The monoisotopic (exact) mass is 431 g/mol. The molecule has 31 heavy (non-hydrogen) atoms. The van der Waals surface area contributed by atoms with Gasteiger partial charge in [-0.25, -0.2) is 4.79 Å². The van der Waals surface area contributed by atoms with Gasteiger partial charge in [-0.2, -0.15) is 10.7 Å². The van der Waals surface area contributed by atoms with Crippen LogP contribution in [0.2, 0.25) is 0 Å². The van der Waals surface area contributed by atoms with Gasteiger partial charge in [-0.3, -0.25) is 10.1 Å². The summed E-state index contributed by atoms with van der Waals surface area (Å²) in [6, 6.07) is 8.22. The molecular weight excluding hydrogens is 394 g/mol. The predicted molar refractivity (Wildman–Crippen MR) is 123 cm³/mol. The molecule has 2 fully saturated rings. The van der Waals surface area contributed by atoms with Crippen molar-refractivity contribution >= 4 is 18.0 Å². The molecule has 2 aliphatic rings. The van der Waals surface area contributed by atoms with Crippen LogP contribution in [0.3, 0.4) is 0 Å². The van der Waals surface area contributed by atoms with Gasteiger partial charge >= 0.3 is 6.09 Å². The number of amides is 1. The fourth-order valence-electron chi connectivity index (χ4n) is 4.20. The molecule has 0 unspecified atom stereocenters. The van der Waals surface area contributed by atoms with Crippen LogP contribution in [0.15, 0.2) is 29.4 Å². The number of hydrazone groups is 1. The van der Waals surface area contributed by atoms with Crippen molar-refractivity contribution in [2.75, 3.05) is 50.7 Å². The van der Waals surface area contributed by atoms with Gasteiger partial charge in [-0.15, -0.1) is 0 Å². The van der Waals surface area contributed by atoms with E-state index in [9.17, 15) is 4.79 Å². The Balaban J connectivity index is 1.35. The van der Waals surface area contributed by atoms with Crippen molar-refractivity contribution in [2.45, 2.75) is 45.6 Å². The summed E-state index contributed by atoms with van der Waals surface area (Å²) in [5.74, 6) is 0.694. The average Bonchev–Trinajstić information content (AvgIpc) is 2.76. The van der Waals surface area contributed by atoms with Crippen LogP contribution in [-0.2, 0) is 4.74 Å². The fourth-order valence-corrected chi connectivity index (χ4v) is 4.20. The molecule has 2 N–H and O–H groups in total. The topological polar surface area (TPSA) is 80.6 Å². The summed E-state index contributed by atoms with van der Waals surface area (Å²) in [7, 11) is 0. The van der Waals surface area contributed by atoms with E-state index in [0.717, 1.165) is 64.2 Å². The van der Waals surface area contributed by atoms with E-state index < -0.39 is 5.60 Å². The molecule has 8 nitrogen and oxygen atoms in total. The number of carbonyl (C=O) groups excluding carboxylic acids is 1. The third-order valence-electron chi connectivity index (χ3n) is 6.02. The van der Waals surface area contributed by atoms with Crippen LogP contribution in [0.25, 0.3) is 0 Å². The normalized spacial score (nSPS) is 19.1. The van der Waals surface area contributed by atoms with E-state index in [4.69, 9.17) is 9.94 Å². The van der Waals surface area contributed by atoms with Crippen LogP contribution in [0.5, 0.6) is 0 Å². The second-order valence-electron chi connectivity index (χ2n) is 9.48. The summed E-state index contributed by atoms with van der Waals surface area (Å²) in [6.45, 7) is 12.7. The summed E-state index contributed by atoms with van der Waals surface area (Å²) in [6.07, 6.45) is 4.75. The van der Waals surface area contributed by atoms with Gasteiger partial charge in [-0.05, 0) is 70.2 Å². The lowest BCUT2D eigenvalue weighted by Crippen LogP contribution is -2.47. The van der Waals surface area contributed by atoms with Gasteiger partial charge in [0.15, 0.2) is 0 Å². The second kappa shape index (κ2) is 10.8. The van der Waals surface area contributed by atoms with Crippen LogP contribution >= 0.6 is 0 Å². The molecule has 0 saturated carbocycles. The number of piperazine rings is 1. The minimum absolute atomic E-state index is 0.174. The molecule has 1 aromatic carbocycles. The number of nitrogens with one attached hydrogen (secondary N) is 1. The van der Waals surface area contributed by atoms with Crippen LogP contribution in [0.1, 0.15) is 45.6 Å². The molecule has 1 amide bonds. The van der Waals surface area contributed by atoms with Crippen molar-refractivity contribution in [2.24, 2.45) is 11.0 Å². The maximum absolute atomic E-state index is 12.2. The third kappa shape index (κ3) is 7.40. The number of piperidine rings is 1. The smallest absolute Gasteiger partial charge is 0.410 e. The molecule has 2 aliphatic heterocycles. The number of rotatable bonds is 6. The van der Waals surface area contributed by atoms with E-state index in [1.54, 1.807) is 11.8 Å². The molecule has 8 heteroatoms. The first-order chi connectivity index (χ1) is 14.8. The number of anilines is 1. The number of likely N-dealkylation sites (tertiary alicyclic amines) is 1. The van der Waals surface area contributed by atoms with Crippen LogP contribution in [0, 0.1) is 5.92 Å². The number of nitrogens with zero attached hydrogens (tertiary/aromatic N) is 4. The minimum Gasteiger partial charge on any atom is -0.444 e. The molecule has 1 aromatic rings. The highest BCUT2D eigenvalue weighted by Gasteiger charge is 2.27. The SMILES string of the molecule is CC(C)(C)OC(=O)N1CCC(CCN2CCN(c3ccc(C=NNO)cc3)CC2)CC1. The second-order valence-corrected chi connectivity index (χ2v) is 9.48. The van der Waals surface area contributed by atoms with Crippen LogP contribution in [-0.4, -0.2) is 78.7 Å². The molecule has 0 spiro atoms. The van der Waals surface area contributed by atoms with Crippen molar-refractivity contribution in [3.8, 4) is 0 Å². The van der Waals surface area contributed by atoms with Gasteiger partial charge in [0.2, 0.25) is 0 Å². The molecule has 3 rings (SSSR count). The minimum atomic E-state index is -0.427. The van der Waals surface area contributed by atoms with Crippen LogP contribution in [0.4, 0.5) is 10.5 Å². The summed E-state index contributed by atoms with van der Waals surface area (Å²) in [5, 5.41) is 12.1. The van der Waals surface area contributed by atoms with Gasteiger partial charge in [0.05, 0.1) is 6.21 Å². The van der Waals surface area contributed by atoms with Crippen molar-refractivity contribution in [3.63, 3.8) is 0 Å². The average molecular weight is 432 g/mol. The van der Waals surface area contributed by atoms with E-state index in [-0.39, 0.29) is 6.09 Å². The number of ether oxygens (including phenoxy) is 1. The largest absolute Gasteiger partial charge is 0.444 e. The molecular formula is C23H37N5O3. The van der Waals surface area contributed by atoms with E-state index in [1.807, 2.05) is 37.8 Å². The number of hydrogen-bond donors (Lipinski definition) is 2. The zero-order chi connectivity index (χ0) is 22.3. The summed E-state index contributed by atoms with van der Waals surface area (Å²) < 4.78 is 5.49. The van der Waals surface area contributed by atoms with Crippen molar-refractivity contribution in [3.05, 3.63) is 29.8 Å². The number of benzene rings is 1. The molecule has 0 aromatic heterocycles. The van der Waals surface area contributed by atoms with E-state index in [1.165, 1.54) is 12.1 Å². The van der Waals surface area contributed by atoms with Gasteiger partial charge in [-0.1, -0.05) is 12.1 Å². The van der Waals surface area contributed by atoms with Crippen LogP contribution < -0.4 is 10.5 Å². The van der Waals surface area contributed by atoms with Crippen molar-refractivity contribution in [1.29, 1.82) is 0 Å². The Labute approximate surface area is 185 Å². The van der Waals surface area contributed by atoms with Crippen molar-refractivity contribution in [1.82, 2.24) is 15.4 Å². The third-order valence-corrected chi connectivity index (χ3v) is 6.02. The first kappa shape index (κ1) is 23.3. The highest BCUT2D eigenvalue weighted by Crippen LogP contribution is 2.23. The van der Waals surface area contributed by atoms with Gasteiger partial charge in [0.1, 0.15) is 5.60 Å². The van der Waals surface area contributed by atoms with Gasteiger partial charge in [0.25, 0.3) is 0 Å². The van der Waals surface area contributed by atoms with Gasteiger partial charge in [0, 0.05) is 45.0 Å². The molecule has 0 aliphatic carbocycles.